The maximum Gasteiger partial charge on any atom is 0.509 e. The SMILES string of the molecule is CC(=O)O[C@@]12CO[C@@H]1C[C@H](OC(=O)OCC(Cl)(Cl)Cl)[C@@]1(C)C(=O)[C@H](OC(=O)OCC(Cl)(Cl)Cl)C3=C(C)CC[C@@](O)([C@@H](OC(=O)c4ccccc4)[C@H]21)C3(C)C. The number of ether oxygens (including phenoxy) is 7. The van der Waals surface area contributed by atoms with E-state index in [9.17, 15) is 24.3 Å². The highest BCUT2D eigenvalue weighted by molar-refractivity contribution is 6.68. The molecule has 0 aromatic heterocycles. The summed E-state index contributed by atoms with van der Waals surface area (Å²) in [6.45, 7) is 5.59. The van der Waals surface area contributed by atoms with E-state index in [2.05, 4.69) is 0 Å². The molecule has 1 saturated heterocycles. The number of ketones is 1. The number of halogens is 6. The van der Waals surface area contributed by atoms with Crippen molar-refractivity contribution in [3.05, 3.63) is 47.0 Å². The third kappa shape index (κ3) is 7.98. The lowest BCUT2D eigenvalue weighted by Gasteiger charge is -2.67. The number of carbonyl (C=O) groups excluding carboxylic acids is 5. The van der Waals surface area contributed by atoms with E-state index in [1.807, 2.05) is 0 Å². The second-order valence-corrected chi connectivity index (χ2v) is 19.6. The zero-order valence-electron chi connectivity index (χ0n) is 29.6. The smallest absolute Gasteiger partial charge is 0.455 e. The standard InChI is InChI=1S/C35H38Cl6O13/c1-17-11-12-33(47)26(53-27(44)19-9-7-6-8-10-19)24-31(5,25(43)23(22(17)30(33,3)4)52-29(46)50-16-35(39,40)41)20(51-28(45)49-15-34(36,37)38)13-21-32(24,14-48-21)54-18(2)42/h6-10,20-21,23-24,26,47H,11-16H2,1-5H3/t20-,21+,23+,24-,26-,31+,32-,33+/m0/s1. The average molecular weight is 879 g/mol. The van der Waals surface area contributed by atoms with Crippen molar-refractivity contribution in [1.82, 2.24) is 0 Å². The van der Waals surface area contributed by atoms with Gasteiger partial charge in [0, 0.05) is 18.8 Å². The van der Waals surface area contributed by atoms with E-state index >= 15 is 4.79 Å². The number of Topliss-reactive ketones (excluding diaryl/α,β-unsaturated/α-hetero) is 1. The first-order chi connectivity index (χ1) is 24.9. The Morgan fingerprint density at radius 2 is 1.48 bits per heavy atom. The lowest BCUT2D eigenvalue weighted by Crippen LogP contribution is -2.81. The summed E-state index contributed by atoms with van der Waals surface area (Å²) in [4.78, 5) is 69.1. The Morgan fingerprint density at radius 1 is 0.907 bits per heavy atom. The minimum absolute atomic E-state index is 0.0498. The van der Waals surface area contributed by atoms with Crippen LogP contribution < -0.4 is 0 Å². The van der Waals surface area contributed by atoms with E-state index in [0.29, 0.717) is 5.57 Å². The number of fused-ring (bicyclic) bond motifs is 5. The lowest BCUT2D eigenvalue weighted by atomic mass is 9.45. The molecule has 1 N–H and O–H groups in total. The molecule has 13 nitrogen and oxygen atoms in total. The maximum absolute atomic E-state index is 15.6. The molecule has 0 spiro atoms. The minimum atomic E-state index is -2.15. The summed E-state index contributed by atoms with van der Waals surface area (Å²) in [5.74, 6) is -4.11. The molecule has 0 amide bonds. The molecule has 19 heteroatoms. The predicted molar refractivity (Wildman–Crippen MR) is 195 cm³/mol. The second kappa shape index (κ2) is 15.3. The fourth-order valence-electron chi connectivity index (χ4n) is 8.48. The van der Waals surface area contributed by atoms with Gasteiger partial charge in [0.15, 0.2) is 17.5 Å². The molecule has 1 heterocycles. The zero-order valence-corrected chi connectivity index (χ0v) is 34.2. The summed E-state index contributed by atoms with van der Waals surface area (Å²) < 4.78 is 35.9. The van der Waals surface area contributed by atoms with Crippen LogP contribution in [0.15, 0.2) is 41.5 Å². The number of esters is 2. The van der Waals surface area contributed by atoms with Crippen molar-refractivity contribution in [1.29, 1.82) is 0 Å². The van der Waals surface area contributed by atoms with Gasteiger partial charge < -0.3 is 38.3 Å². The maximum atomic E-state index is 15.6. The van der Waals surface area contributed by atoms with Crippen LogP contribution in [0.3, 0.4) is 0 Å². The van der Waals surface area contributed by atoms with Crippen LogP contribution in [0, 0.1) is 16.7 Å². The Labute approximate surface area is 341 Å². The van der Waals surface area contributed by atoms with Crippen LogP contribution in [-0.4, -0.2) is 98.2 Å². The summed E-state index contributed by atoms with van der Waals surface area (Å²) in [7, 11) is 0. The van der Waals surface area contributed by atoms with Gasteiger partial charge in [-0.15, -0.1) is 0 Å². The van der Waals surface area contributed by atoms with Crippen molar-refractivity contribution in [3.8, 4) is 0 Å². The summed E-state index contributed by atoms with van der Waals surface area (Å²) in [5.41, 5.74) is -6.71. The van der Waals surface area contributed by atoms with Crippen molar-refractivity contribution in [2.45, 2.75) is 97.1 Å². The highest BCUT2D eigenvalue weighted by Crippen LogP contribution is 2.64. The topological polar surface area (TPSA) is 170 Å². The number of alkyl halides is 6. The highest BCUT2D eigenvalue weighted by Gasteiger charge is 2.78. The molecule has 5 rings (SSSR count). The number of hydrogen-bond donors (Lipinski definition) is 1. The van der Waals surface area contributed by atoms with Crippen molar-refractivity contribution in [2.24, 2.45) is 16.7 Å². The summed E-state index contributed by atoms with van der Waals surface area (Å²) in [6.07, 6.45) is -9.13. The van der Waals surface area contributed by atoms with Gasteiger partial charge in [-0.25, -0.2) is 14.4 Å². The fourth-order valence-corrected chi connectivity index (χ4v) is 8.80. The molecule has 3 fully saturated rings. The third-order valence-corrected chi connectivity index (χ3v) is 11.6. The largest absolute Gasteiger partial charge is 0.509 e. The third-order valence-electron chi connectivity index (χ3n) is 11.0. The van der Waals surface area contributed by atoms with E-state index in [0.717, 1.165) is 6.92 Å². The van der Waals surface area contributed by atoms with Gasteiger partial charge in [0.1, 0.15) is 37.1 Å². The van der Waals surface area contributed by atoms with Gasteiger partial charge in [0.05, 0.1) is 23.5 Å². The van der Waals surface area contributed by atoms with E-state index < -0.39 is 103 Å². The van der Waals surface area contributed by atoms with Crippen LogP contribution in [-0.2, 0) is 42.7 Å². The molecule has 0 radical (unpaired) electrons. The van der Waals surface area contributed by atoms with Gasteiger partial charge in [0.25, 0.3) is 0 Å². The molecule has 298 valence electrons. The van der Waals surface area contributed by atoms with E-state index in [1.165, 1.54) is 19.1 Å². The molecule has 1 aromatic rings. The van der Waals surface area contributed by atoms with Crippen molar-refractivity contribution >= 4 is 99.6 Å². The number of hydrogen-bond acceptors (Lipinski definition) is 13. The molecule has 3 aliphatic carbocycles. The molecule has 2 bridgehead atoms. The van der Waals surface area contributed by atoms with Crippen LogP contribution in [0.25, 0.3) is 0 Å². The van der Waals surface area contributed by atoms with Crippen LogP contribution in [0.4, 0.5) is 9.59 Å². The van der Waals surface area contributed by atoms with Crippen LogP contribution in [0.1, 0.15) is 64.2 Å². The van der Waals surface area contributed by atoms with Crippen molar-refractivity contribution < 1.29 is 62.2 Å². The van der Waals surface area contributed by atoms with Gasteiger partial charge in [-0.2, -0.15) is 0 Å². The first kappa shape index (κ1) is 42.9. The van der Waals surface area contributed by atoms with Crippen LogP contribution in [0.5, 0.6) is 0 Å². The molecule has 1 aliphatic heterocycles. The Bertz CT molecular complexity index is 1710. The monoisotopic (exact) mass is 876 g/mol. The molecular weight excluding hydrogens is 841 g/mol. The Morgan fingerprint density at radius 3 is 2.00 bits per heavy atom. The molecule has 1 aromatic carbocycles. The number of allylic oxidation sites excluding steroid dienone is 1. The fraction of sp³-hybridized carbons (Fsp3) is 0.629. The van der Waals surface area contributed by atoms with Gasteiger partial charge in [-0.05, 0) is 44.4 Å². The lowest BCUT2D eigenvalue weighted by molar-refractivity contribution is -0.345. The van der Waals surface area contributed by atoms with Crippen molar-refractivity contribution in [2.75, 3.05) is 19.8 Å². The number of carbonyl (C=O) groups is 5. The summed E-state index contributed by atoms with van der Waals surface area (Å²) >= 11 is 34.8. The molecule has 54 heavy (non-hydrogen) atoms. The molecule has 2 saturated carbocycles. The molecular formula is C35H38Cl6O13. The van der Waals surface area contributed by atoms with E-state index in [4.69, 9.17) is 103 Å². The van der Waals surface area contributed by atoms with E-state index in [-0.39, 0.29) is 37.0 Å². The quantitative estimate of drug-likeness (QED) is 0.127. The van der Waals surface area contributed by atoms with Crippen molar-refractivity contribution in [3.63, 3.8) is 0 Å². The molecule has 4 aliphatic rings. The highest BCUT2D eigenvalue weighted by atomic mass is 35.6. The number of benzene rings is 1. The van der Waals surface area contributed by atoms with Crippen LogP contribution in [0.2, 0.25) is 0 Å². The second-order valence-electron chi connectivity index (χ2n) is 14.6. The number of rotatable bonds is 7. The van der Waals surface area contributed by atoms with Gasteiger partial charge in [-0.1, -0.05) is 107 Å². The Balaban J connectivity index is 1.77. The first-order valence-corrected chi connectivity index (χ1v) is 19.0. The predicted octanol–water partition coefficient (Wildman–Crippen LogP) is 7.17. The Kier molecular flexibility index (Phi) is 12.1. The molecule has 0 unspecified atom stereocenters. The number of aliphatic hydroxyl groups is 1. The first-order valence-electron chi connectivity index (χ1n) is 16.7. The van der Waals surface area contributed by atoms with Gasteiger partial charge >= 0.3 is 24.2 Å². The normalized spacial score (nSPS) is 33.0. The van der Waals surface area contributed by atoms with Crippen LogP contribution >= 0.6 is 69.6 Å². The summed E-state index contributed by atoms with van der Waals surface area (Å²) in [5, 5.41) is 13.2. The average Bonchev–Trinajstić information content (AvgIpc) is 3.06. The van der Waals surface area contributed by atoms with Gasteiger partial charge in [-0.3, -0.25) is 9.59 Å². The van der Waals surface area contributed by atoms with Gasteiger partial charge in [0.2, 0.25) is 7.59 Å². The Hall–Kier alpha value is -2.23. The zero-order chi connectivity index (χ0) is 40.2. The molecule has 8 atom stereocenters. The van der Waals surface area contributed by atoms with E-state index in [1.54, 1.807) is 39.0 Å². The minimum Gasteiger partial charge on any atom is -0.455 e. The summed E-state index contributed by atoms with van der Waals surface area (Å²) in [6, 6.07) is 7.91.